The van der Waals surface area contributed by atoms with Crippen molar-refractivity contribution in [1.82, 2.24) is 4.98 Å². The molecule has 0 bridgehead atoms. The molecule has 24 heavy (non-hydrogen) atoms. The van der Waals surface area contributed by atoms with E-state index in [1.165, 1.54) is 16.9 Å². The van der Waals surface area contributed by atoms with E-state index in [9.17, 15) is 4.79 Å². The van der Waals surface area contributed by atoms with E-state index >= 15 is 0 Å². The third-order valence-electron chi connectivity index (χ3n) is 4.48. The molecule has 1 atom stereocenters. The van der Waals surface area contributed by atoms with Gasteiger partial charge in [0.05, 0.1) is 17.5 Å². The van der Waals surface area contributed by atoms with Gasteiger partial charge in [0, 0.05) is 22.9 Å². The lowest BCUT2D eigenvalue weighted by atomic mass is 9.88. The van der Waals surface area contributed by atoms with E-state index in [1.807, 2.05) is 11.4 Å². The van der Waals surface area contributed by atoms with Gasteiger partial charge in [0.15, 0.2) is 0 Å². The Bertz CT molecular complexity index is 931. The highest BCUT2D eigenvalue weighted by molar-refractivity contribution is 7.21. The maximum absolute atomic E-state index is 11.7. The molecule has 3 aromatic rings. The number of nitrogens with zero attached hydrogens (tertiary/aromatic N) is 1. The van der Waals surface area contributed by atoms with Crippen molar-refractivity contribution in [3.8, 4) is 10.4 Å². The number of hydrogen-bond donors (Lipinski definition) is 2. The first-order valence-corrected chi connectivity index (χ1v) is 9.42. The number of nitrogen functional groups attached to an aromatic ring is 1. The highest BCUT2D eigenvalue weighted by atomic mass is 32.1. The van der Waals surface area contributed by atoms with E-state index in [1.54, 1.807) is 18.4 Å². The Hall–Kier alpha value is -1.96. The van der Waals surface area contributed by atoms with Crippen LogP contribution < -0.4 is 11.5 Å². The Morgan fingerprint density at radius 1 is 1.46 bits per heavy atom. The molecule has 1 aliphatic carbocycles. The summed E-state index contributed by atoms with van der Waals surface area (Å²) in [5.74, 6) is -0.506. The fraction of sp³-hybridized carbons (Fsp3) is 0.294. The maximum Gasteiger partial charge on any atom is 0.260 e. The first-order chi connectivity index (χ1) is 11.6. The zero-order chi connectivity index (χ0) is 16.8. The topological polar surface area (TPSA) is 91.2 Å². The summed E-state index contributed by atoms with van der Waals surface area (Å²) < 4.78 is 5.65. The van der Waals surface area contributed by atoms with E-state index < -0.39 is 5.91 Å². The second kappa shape index (κ2) is 5.84. The number of hydrogen-bond acceptors (Lipinski definition) is 6. The number of fused-ring (bicyclic) bond motifs is 2. The van der Waals surface area contributed by atoms with Crippen molar-refractivity contribution in [2.75, 3.05) is 12.8 Å². The quantitative estimate of drug-likeness (QED) is 0.745. The van der Waals surface area contributed by atoms with Gasteiger partial charge in [-0.25, -0.2) is 4.98 Å². The van der Waals surface area contributed by atoms with Crippen LogP contribution in [0, 0.1) is 0 Å². The molecule has 1 aliphatic rings. The minimum absolute atomic E-state index is 0.0165. The summed E-state index contributed by atoms with van der Waals surface area (Å²) in [4.78, 5) is 18.8. The zero-order valence-corrected chi connectivity index (χ0v) is 14.8. The number of methoxy groups -OCH3 is 1. The Morgan fingerprint density at radius 2 is 2.29 bits per heavy atom. The monoisotopic (exact) mass is 359 g/mol. The van der Waals surface area contributed by atoms with Gasteiger partial charge in [0.1, 0.15) is 9.71 Å². The van der Waals surface area contributed by atoms with Crippen LogP contribution in [0.15, 0.2) is 17.5 Å². The highest BCUT2D eigenvalue weighted by Crippen LogP contribution is 2.46. The van der Waals surface area contributed by atoms with E-state index in [2.05, 4.69) is 6.07 Å². The third-order valence-corrected chi connectivity index (χ3v) is 6.48. The molecule has 0 saturated heterocycles. The summed E-state index contributed by atoms with van der Waals surface area (Å²) >= 11 is 2.93. The van der Waals surface area contributed by atoms with Crippen molar-refractivity contribution in [3.63, 3.8) is 0 Å². The summed E-state index contributed by atoms with van der Waals surface area (Å²) in [5, 5.41) is 2.90. The van der Waals surface area contributed by atoms with Gasteiger partial charge in [-0.15, -0.1) is 22.7 Å². The van der Waals surface area contributed by atoms with Crippen LogP contribution >= 0.6 is 22.7 Å². The number of aromatic nitrogens is 1. The van der Waals surface area contributed by atoms with Crippen LogP contribution in [0.3, 0.4) is 0 Å². The number of amides is 1. The number of rotatable bonds is 3. The molecule has 0 aromatic carbocycles. The number of anilines is 1. The maximum atomic E-state index is 11.7. The molecule has 3 aromatic heterocycles. The van der Waals surface area contributed by atoms with Gasteiger partial charge >= 0.3 is 0 Å². The van der Waals surface area contributed by atoms with Crippen molar-refractivity contribution in [2.24, 2.45) is 5.73 Å². The number of thiophene rings is 2. The Morgan fingerprint density at radius 3 is 2.96 bits per heavy atom. The zero-order valence-electron chi connectivity index (χ0n) is 13.2. The summed E-state index contributed by atoms with van der Waals surface area (Å²) in [6.07, 6.45) is 2.92. The molecule has 0 saturated carbocycles. The largest absolute Gasteiger partial charge is 0.397 e. The predicted octanol–water partition coefficient (Wildman–Crippen LogP) is 3.73. The van der Waals surface area contributed by atoms with Gasteiger partial charge in [-0.05, 0) is 36.3 Å². The summed E-state index contributed by atoms with van der Waals surface area (Å²) in [7, 11) is 1.72. The normalized spacial score (nSPS) is 17.1. The van der Waals surface area contributed by atoms with Crippen LogP contribution in [0.1, 0.15) is 39.9 Å². The smallest absolute Gasteiger partial charge is 0.260 e. The standard InChI is InChI=1S/C17H17N3O2S2/c1-22-9-5-2-4-8-11(10-6-3-7-23-10)12-13(18)15(16(19)21)24-17(12)20-14(8)9/h3,6-7,9H,2,4-5,18H2,1H3,(H2,19,21). The van der Waals surface area contributed by atoms with Crippen LogP contribution in [0.5, 0.6) is 0 Å². The first kappa shape index (κ1) is 15.6. The van der Waals surface area contributed by atoms with Gasteiger partial charge in [0.25, 0.3) is 5.91 Å². The van der Waals surface area contributed by atoms with Crippen LogP contribution in [-0.4, -0.2) is 18.0 Å². The Balaban J connectivity index is 2.13. The summed E-state index contributed by atoms with van der Waals surface area (Å²) in [5.41, 5.74) is 15.5. The van der Waals surface area contributed by atoms with Crippen LogP contribution in [0.4, 0.5) is 5.69 Å². The molecule has 1 unspecified atom stereocenters. The minimum Gasteiger partial charge on any atom is -0.397 e. The summed E-state index contributed by atoms with van der Waals surface area (Å²) in [6.45, 7) is 0. The van der Waals surface area contributed by atoms with Crippen molar-refractivity contribution in [3.05, 3.63) is 33.6 Å². The molecule has 7 heteroatoms. The third kappa shape index (κ3) is 2.23. The van der Waals surface area contributed by atoms with Crippen molar-refractivity contribution >= 4 is 44.5 Å². The number of ether oxygens (including phenoxy) is 1. The van der Waals surface area contributed by atoms with Gasteiger partial charge in [-0.1, -0.05) is 6.07 Å². The molecule has 0 fully saturated rings. The molecular weight excluding hydrogens is 342 g/mol. The van der Waals surface area contributed by atoms with Crippen LogP contribution in [0.2, 0.25) is 0 Å². The van der Waals surface area contributed by atoms with E-state index in [-0.39, 0.29) is 6.10 Å². The molecular formula is C17H17N3O2S2. The highest BCUT2D eigenvalue weighted by Gasteiger charge is 2.29. The van der Waals surface area contributed by atoms with Crippen molar-refractivity contribution in [2.45, 2.75) is 25.4 Å². The Kier molecular flexibility index (Phi) is 3.79. The van der Waals surface area contributed by atoms with Crippen molar-refractivity contribution in [1.29, 1.82) is 0 Å². The SMILES string of the molecule is COC1CCCc2c1nc1sc(C(N)=O)c(N)c1c2-c1cccs1. The average molecular weight is 359 g/mol. The lowest BCUT2D eigenvalue weighted by Crippen LogP contribution is -2.15. The average Bonchev–Trinajstić information content (AvgIpc) is 3.21. The van der Waals surface area contributed by atoms with Crippen molar-refractivity contribution < 1.29 is 9.53 Å². The van der Waals surface area contributed by atoms with Gasteiger partial charge in [-0.3, -0.25) is 4.79 Å². The fourth-order valence-electron chi connectivity index (χ4n) is 3.43. The van der Waals surface area contributed by atoms with Gasteiger partial charge in [0.2, 0.25) is 0 Å². The molecule has 4 rings (SSSR count). The molecule has 3 heterocycles. The second-order valence-electron chi connectivity index (χ2n) is 5.83. The molecule has 5 nitrogen and oxygen atoms in total. The summed E-state index contributed by atoms with van der Waals surface area (Å²) in [6, 6.07) is 4.10. The molecule has 0 radical (unpaired) electrons. The van der Waals surface area contributed by atoms with E-state index in [0.29, 0.717) is 10.6 Å². The number of pyridine rings is 1. The second-order valence-corrected chi connectivity index (χ2v) is 7.78. The number of nitrogens with two attached hydrogens (primary N) is 2. The lowest BCUT2D eigenvalue weighted by Gasteiger charge is -2.25. The molecule has 124 valence electrons. The number of carbonyl (C=O) groups excluding carboxylic acids is 1. The molecule has 4 N–H and O–H groups in total. The minimum atomic E-state index is -0.506. The predicted molar refractivity (Wildman–Crippen MR) is 98.6 cm³/mol. The molecule has 0 aliphatic heterocycles. The van der Waals surface area contributed by atoms with E-state index in [4.69, 9.17) is 21.2 Å². The van der Waals surface area contributed by atoms with E-state index in [0.717, 1.165) is 45.6 Å². The first-order valence-electron chi connectivity index (χ1n) is 7.73. The fourth-order valence-corrected chi connectivity index (χ4v) is 5.20. The van der Waals surface area contributed by atoms with Gasteiger partial charge < -0.3 is 16.2 Å². The van der Waals surface area contributed by atoms with Crippen LogP contribution in [-0.2, 0) is 11.2 Å². The lowest BCUT2D eigenvalue weighted by molar-refractivity contribution is 0.0847. The molecule has 1 amide bonds. The number of primary amides is 1. The van der Waals surface area contributed by atoms with Crippen LogP contribution in [0.25, 0.3) is 20.7 Å². The van der Waals surface area contributed by atoms with Gasteiger partial charge in [-0.2, -0.15) is 0 Å². The molecule has 0 spiro atoms. The number of carbonyl (C=O) groups is 1. The Labute approximate surface area is 147 Å².